The van der Waals surface area contributed by atoms with Crippen LogP contribution in [-0.4, -0.2) is 77.8 Å². The molecule has 1 N–H and O–H groups in total. The zero-order valence-electron chi connectivity index (χ0n) is 14.3. The quantitative estimate of drug-likeness (QED) is 0.386. The Balaban J connectivity index is 3.00. The molecule has 0 aliphatic rings. The van der Waals surface area contributed by atoms with Crippen LogP contribution in [0.5, 0.6) is 0 Å². The van der Waals surface area contributed by atoms with E-state index in [0.717, 1.165) is 6.61 Å². The molecule has 0 saturated carbocycles. The summed E-state index contributed by atoms with van der Waals surface area (Å²) in [5, 5.41) is 8.50. The smallest absolute Gasteiger partial charge is 0.0701 e. The first kappa shape index (κ1) is 21.8. The summed E-state index contributed by atoms with van der Waals surface area (Å²) in [7, 11) is 0. The Morgan fingerprint density at radius 3 is 1.50 bits per heavy atom. The summed E-state index contributed by atoms with van der Waals surface area (Å²) in [4.78, 5) is 0. The minimum Gasteiger partial charge on any atom is -0.394 e. The van der Waals surface area contributed by atoms with Crippen molar-refractivity contribution < 1.29 is 28.8 Å². The average Bonchev–Trinajstić information content (AvgIpc) is 2.51. The molecule has 0 fully saturated rings. The van der Waals surface area contributed by atoms with E-state index in [0.29, 0.717) is 65.4 Å². The van der Waals surface area contributed by atoms with Gasteiger partial charge >= 0.3 is 0 Å². The maximum absolute atomic E-state index is 8.50. The molecule has 0 aliphatic carbocycles. The number of aliphatic hydroxyl groups excluding tert-OH is 1. The molecule has 22 heavy (non-hydrogen) atoms. The fourth-order valence-corrected chi connectivity index (χ4v) is 1.80. The van der Waals surface area contributed by atoms with Gasteiger partial charge in [0.1, 0.15) is 0 Å². The van der Waals surface area contributed by atoms with Crippen molar-refractivity contribution in [3.05, 3.63) is 0 Å². The first-order valence-electron chi connectivity index (χ1n) is 8.30. The molecular weight excluding hydrogens is 288 g/mol. The second-order valence-corrected chi connectivity index (χ2v) is 5.14. The Hall–Kier alpha value is -0.240. The maximum Gasteiger partial charge on any atom is 0.0701 e. The molecule has 6 heteroatoms. The molecule has 0 aliphatic heterocycles. The standard InChI is InChI=1S/C16H34O6/c1-3-4-16(2)15-22-14-13-21-12-11-20-10-9-19-8-7-18-6-5-17/h16-17H,3-15H2,1-2H3. The van der Waals surface area contributed by atoms with Crippen LogP contribution < -0.4 is 0 Å². The van der Waals surface area contributed by atoms with Crippen LogP contribution in [0.3, 0.4) is 0 Å². The molecule has 0 aromatic heterocycles. The third-order valence-electron chi connectivity index (χ3n) is 2.91. The van der Waals surface area contributed by atoms with Gasteiger partial charge in [0.25, 0.3) is 0 Å². The Morgan fingerprint density at radius 1 is 0.682 bits per heavy atom. The second kappa shape index (κ2) is 18.8. The highest BCUT2D eigenvalue weighted by Crippen LogP contribution is 2.04. The van der Waals surface area contributed by atoms with Crippen molar-refractivity contribution in [2.75, 3.05) is 72.7 Å². The third kappa shape index (κ3) is 17.8. The van der Waals surface area contributed by atoms with Gasteiger partial charge in [-0.05, 0) is 12.3 Å². The highest BCUT2D eigenvalue weighted by molar-refractivity contribution is 4.49. The van der Waals surface area contributed by atoms with E-state index in [2.05, 4.69) is 13.8 Å². The van der Waals surface area contributed by atoms with Gasteiger partial charge in [-0.1, -0.05) is 20.3 Å². The molecular formula is C16H34O6. The number of hydrogen-bond acceptors (Lipinski definition) is 6. The van der Waals surface area contributed by atoms with Crippen LogP contribution in [-0.2, 0) is 23.7 Å². The molecule has 0 aromatic carbocycles. The molecule has 0 aromatic rings. The van der Waals surface area contributed by atoms with E-state index in [9.17, 15) is 0 Å². The van der Waals surface area contributed by atoms with Crippen LogP contribution in [0.4, 0.5) is 0 Å². The van der Waals surface area contributed by atoms with E-state index in [1.165, 1.54) is 12.8 Å². The van der Waals surface area contributed by atoms with Gasteiger partial charge in [-0.2, -0.15) is 0 Å². The van der Waals surface area contributed by atoms with Crippen molar-refractivity contribution in [2.45, 2.75) is 26.7 Å². The lowest BCUT2D eigenvalue weighted by Gasteiger charge is -2.11. The molecule has 0 radical (unpaired) electrons. The molecule has 0 heterocycles. The summed E-state index contributed by atoms with van der Waals surface area (Å²) in [5.41, 5.74) is 0. The molecule has 6 nitrogen and oxygen atoms in total. The Kier molecular flexibility index (Phi) is 18.6. The van der Waals surface area contributed by atoms with E-state index in [1.54, 1.807) is 0 Å². The zero-order valence-corrected chi connectivity index (χ0v) is 14.3. The predicted molar refractivity (Wildman–Crippen MR) is 85.3 cm³/mol. The molecule has 1 unspecified atom stereocenters. The van der Waals surface area contributed by atoms with Crippen LogP contribution in [0, 0.1) is 5.92 Å². The minimum absolute atomic E-state index is 0.0475. The second-order valence-electron chi connectivity index (χ2n) is 5.14. The number of ether oxygens (including phenoxy) is 5. The Bertz CT molecular complexity index is 203. The van der Waals surface area contributed by atoms with Crippen molar-refractivity contribution in [1.82, 2.24) is 0 Å². The van der Waals surface area contributed by atoms with E-state index in [-0.39, 0.29) is 6.61 Å². The highest BCUT2D eigenvalue weighted by atomic mass is 16.6. The molecule has 0 spiro atoms. The summed E-state index contributed by atoms with van der Waals surface area (Å²) in [6.07, 6.45) is 2.42. The fourth-order valence-electron chi connectivity index (χ4n) is 1.80. The molecule has 0 saturated heterocycles. The van der Waals surface area contributed by atoms with Gasteiger partial charge < -0.3 is 28.8 Å². The molecule has 134 valence electrons. The van der Waals surface area contributed by atoms with Gasteiger partial charge in [-0.3, -0.25) is 0 Å². The number of hydrogen-bond donors (Lipinski definition) is 1. The van der Waals surface area contributed by atoms with Crippen molar-refractivity contribution in [2.24, 2.45) is 5.92 Å². The largest absolute Gasteiger partial charge is 0.394 e. The summed E-state index contributed by atoms with van der Waals surface area (Å²) in [5.74, 6) is 0.627. The zero-order chi connectivity index (χ0) is 16.3. The lowest BCUT2D eigenvalue weighted by Crippen LogP contribution is -2.14. The SMILES string of the molecule is CCCC(C)COCCOCCOCCOCCOCCO. The molecule has 0 amide bonds. The summed E-state index contributed by atoms with van der Waals surface area (Å²) >= 11 is 0. The van der Waals surface area contributed by atoms with Gasteiger partial charge in [0, 0.05) is 6.61 Å². The maximum atomic E-state index is 8.50. The lowest BCUT2D eigenvalue weighted by atomic mass is 10.1. The summed E-state index contributed by atoms with van der Waals surface area (Å²) < 4.78 is 26.7. The first-order chi connectivity index (χ1) is 10.8. The summed E-state index contributed by atoms with van der Waals surface area (Å²) in [6, 6.07) is 0. The number of rotatable bonds is 18. The van der Waals surface area contributed by atoms with Crippen molar-refractivity contribution in [3.63, 3.8) is 0 Å². The highest BCUT2D eigenvalue weighted by Gasteiger charge is 2.00. The predicted octanol–water partition coefficient (Wildman–Crippen LogP) is 1.50. The van der Waals surface area contributed by atoms with Crippen molar-refractivity contribution in [3.8, 4) is 0 Å². The molecule has 0 bridgehead atoms. The monoisotopic (exact) mass is 322 g/mol. The Morgan fingerprint density at radius 2 is 1.09 bits per heavy atom. The third-order valence-corrected chi connectivity index (χ3v) is 2.91. The van der Waals surface area contributed by atoms with Crippen LogP contribution in [0.15, 0.2) is 0 Å². The molecule has 1 atom stereocenters. The van der Waals surface area contributed by atoms with Crippen LogP contribution in [0.2, 0.25) is 0 Å². The van der Waals surface area contributed by atoms with E-state index >= 15 is 0 Å². The van der Waals surface area contributed by atoms with E-state index in [4.69, 9.17) is 28.8 Å². The normalized spacial score (nSPS) is 12.7. The lowest BCUT2D eigenvalue weighted by molar-refractivity contribution is -0.0152. The topological polar surface area (TPSA) is 66.4 Å². The van der Waals surface area contributed by atoms with Gasteiger partial charge in [-0.25, -0.2) is 0 Å². The van der Waals surface area contributed by atoms with Crippen molar-refractivity contribution in [1.29, 1.82) is 0 Å². The first-order valence-corrected chi connectivity index (χ1v) is 8.30. The van der Waals surface area contributed by atoms with Crippen LogP contribution >= 0.6 is 0 Å². The average molecular weight is 322 g/mol. The van der Waals surface area contributed by atoms with Gasteiger partial charge in [0.15, 0.2) is 0 Å². The van der Waals surface area contributed by atoms with E-state index < -0.39 is 0 Å². The van der Waals surface area contributed by atoms with E-state index in [1.807, 2.05) is 0 Å². The summed E-state index contributed by atoms with van der Waals surface area (Å²) in [6.45, 7) is 10.1. The van der Waals surface area contributed by atoms with Gasteiger partial charge in [0.2, 0.25) is 0 Å². The van der Waals surface area contributed by atoms with Crippen LogP contribution in [0.25, 0.3) is 0 Å². The molecule has 0 rings (SSSR count). The fraction of sp³-hybridized carbons (Fsp3) is 1.00. The minimum atomic E-state index is 0.0475. The van der Waals surface area contributed by atoms with Gasteiger partial charge in [0.05, 0.1) is 66.1 Å². The van der Waals surface area contributed by atoms with Gasteiger partial charge in [-0.15, -0.1) is 0 Å². The Labute approximate surface area is 135 Å². The van der Waals surface area contributed by atoms with Crippen LogP contribution in [0.1, 0.15) is 26.7 Å². The number of aliphatic hydroxyl groups is 1. The van der Waals surface area contributed by atoms with Crippen molar-refractivity contribution >= 4 is 0 Å².